The Hall–Kier alpha value is -1.71. The molecule has 1 atom stereocenters. The summed E-state index contributed by atoms with van der Waals surface area (Å²) in [5.74, 6) is 0.926. The largest absolute Gasteiger partial charge is 0.490 e. The number of anilines is 1. The predicted molar refractivity (Wildman–Crippen MR) is 62.9 cm³/mol. The minimum Gasteiger partial charge on any atom is -0.490 e. The van der Waals surface area contributed by atoms with Crippen LogP contribution in [0.25, 0.3) is 0 Å². The molecule has 1 aromatic rings. The molecule has 86 valence electrons. The van der Waals surface area contributed by atoms with Crippen LogP contribution in [0.2, 0.25) is 0 Å². The highest BCUT2D eigenvalue weighted by Crippen LogP contribution is 2.30. The molecule has 1 N–H and O–H groups in total. The first kappa shape index (κ1) is 10.8. The molecule has 0 bridgehead atoms. The third kappa shape index (κ3) is 2.10. The molecule has 16 heavy (non-hydrogen) atoms. The second-order valence-corrected chi connectivity index (χ2v) is 4.28. The Morgan fingerprint density at radius 2 is 2.25 bits per heavy atom. The SMILES string of the molecule is CC1Cc2cc(NC(=O)N(C)C)ccc2O1. The van der Waals surface area contributed by atoms with Gasteiger partial charge in [0, 0.05) is 26.2 Å². The molecule has 0 saturated heterocycles. The second kappa shape index (κ2) is 4.04. The van der Waals surface area contributed by atoms with Gasteiger partial charge in [0.2, 0.25) is 0 Å². The Morgan fingerprint density at radius 3 is 2.94 bits per heavy atom. The molecule has 0 fully saturated rings. The van der Waals surface area contributed by atoms with Crippen LogP contribution in [0.15, 0.2) is 18.2 Å². The highest BCUT2D eigenvalue weighted by atomic mass is 16.5. The second-order valence-electron chi connectivity index (χ2n) is 4.28. The van der Waals surface area contributed by atoms with E-state index in [1.165, 1.54) is 4.90 Å². The maximum Gasteiger partial charge on any atom is 0.321 e. The number of fused-ring (bicyclic) bond motifs is 1. The van der Waals surface area contributed by atoms with Crippen molar-refractivity contribution in [2.45, 2.75) is 19.4 Å². The molecule has 1 aliphatic rings. The van der Waals surface area contributed by atoms with Gasteiger partial charge in [0.1, 0.15) is 11.9 Å². The van der Waals surface area contributed by atoms with Crippen LogP contribution in [0.1, 0.15) is 12.5 Å². The fraction of sp³-hybridized carbons (Fsp3) is 0.417. The van der Waals surface area contributed by atoms with Gasteiger partial charge in [-0.25, -0.2) is 4.79 Å². The molecule has 1 aliphatic heterocycles. The van der Waals surface area contributed by atoms with Crippen LogP contribution in [-0.2, 0) is 6.42 Å². The van der Waals surface area contributed by atoms with E-state index in [1.54, 1.807) is 14.1 Å². The van der Waals surface area contributed by atoms with Crippen molar-refractivity contribution in [1.82, 2.24) is 4.90 Å². The van der Waals surface area contributed by atoms with E-state index in [0.29, 0.717) is 0 Å². The van der Waals surface area contributed by atoms with Crippen molar-refractivity contribution in [3.05, 3.63) is 23.8 Å². The van der Waals surface area contributed by atoms with Crippen molar-refractivity contribution < 1.29 is 9.53 Å². The van der Waals surface area contributed by atoms with Gasteiger partial charge in [-0.1, -0.05) is 0 Å². The van der Waals surface area contributed by atoms with E-state index in [-0.39, 0.29) is 12.1 Å². The topological polar surface area (TPSA) is 41.6 Å². The fourth-order valence-electron chi connectivity index (χ4n) is 1.74. The number of benzene rings is 1. The first-order valence-corrected chi connectivity index (χ1v) is 5.34. The summed E-state index contributed by atoms with van der Waals surface area (Å²) in [5, 5.41) is 2.82. The average molecular weight is 220 g/mol. The number of amides is 2. The Kier molecular flexibility index (Phi) is 2.73. The Balaban J connectivity index is 2.14. The highest BCUT2D eigenvalue weighted by Gasteiger charge is 2.19. The maximum absolute atomic E-state index is 11.5. The number of hydrogen-bond acceptors (Lipinski definition) is 2. The van der Waals surface area contributed by atoms with Gasteiger partial charge in [-0.05, 0) is 30.7 Å². The van der Waals surface area contributed by atoms with E-state index in [2.05, 4.69) is 5.32 Å². The van der Waals surface area contributed by atoms with Crippen molar-refractivity contribution >= 4 is 11.7 Å². The van der Waals surface area contributed by atoms with Gasteiger partial charge in [-0.15, -0.1) is 0 Å². The molecule has 0 spiro atoms. The van der Waals surface area contributed by atoms with Gasteiger partial charge in [-0.2, -0.15) is 0 Å². The van der Waals surface area contributed by atoms with Crippen molar-refractivity contribution in [2.75, 3.05) is 19.4 Å². The highest BCUT2D eigenvalue weighted by molar-refractivity contribution is 5.89. The van der Waals surface area contributed by atoms with Gasteiger partial charge >= 0.3 is 6.03 Å². The van der Waals surface area contributed by atoms with Gasteiger partial charge in [0.15, 0.2) is 0 Å². The van der Waals surface area contributed by atoms with Crippen molar-refractivity contribution in [3.63, 3.8) is 0 Å². The van der Waals surface area contributed by atoms with E-state index >= 15 is 0 Å². The monoisotopic (exact) mass is 220 g/mol. The summed E-state index contributed by atoms with van der Waals surface area (Å²) in [6.07, 6.45) is 1.14. The van der Waals surface area contributed by atoms with E-state index < -0.39 is 0 Å². The zero-order valence-electron chi connectivity index (χ0n) is 9.78. The van der Waals surface area contributed by atoms with Gasteiger partial charge < -0.3 is 15.0 Å². The molecule has 0 aliphatic carbocycles. The number of carbonyl (C=O) groups excluding carboxylic acids is 1. The minimum atomic E-state index is -0.119. The fourth-order valence-corrected chi connectivity index (χ4v) is 1.74. The lowest BCUT2D eigenvalue weighted by Gasteiger charge is -2.12. The lowest BCUT2D eigenvalue weighted by atomic mass is 10.1. The number of ether oxygens (including phenoxy) is 1. The first-order chi connectivity index (χ1) is 7.56. The standard InChI is InChI=1S/C12H16N2O2/c1-8-6-9-7-10(4-5-11(9)16-8)13-12(15)14(2)3/h4-5,7-8H,6H2,1-3H3,(H,13,15). The Bertz CT molecular complexity index is 415. The van der Waals surface area contributed by atoms with E-state index in [4.69, 9.17) is 4.74 Å². The minimum absolute atomic E-state index is 0.119. The quantitative estimate of drug-likeness (QED) is 0.787. The average Bonchev–Trinajstić information content (AvgIpc) is 2.57. The molecule has 4 heteroatoms. The molecule has 2 amide bonds. The van der Waals surface area contributed by atoms with Crippen LogP contribution in [0.4, 0.5) is 10.5 Å². The third-order valence-corrected chi connectivity index (χ3v) is 2.55. The first-order valence-electron chi connectivity index (χ1n) is 5.34. The number of nitrogens with one attached hydrogen (secondary N) is 1. The van der Waals surface area contributed by atoms with Crippen LogP contribution >= 0.6 is 0 Å². The van der Waals surface area contributed by atoms with Gasteiger partial charge in [0.05, 0.1) is 0 Å². The zero-order valence-corrected chi connectivity index (χ0v) is 9.78. The van der Waals surface area contributed by atoms with Gasteiger partial charge in [0.25, 0.3) is 0 Å². The van der Waals surface area contributed by atoms with E-state index in [0.717, 1.165) is 23.4 Å². The number of carbonyl (C=O) groups is 1. The van der Waals surface area contributed by atoms with E-state index in [9.17, 15) is 4.79 Å². The zero-order chi connectivity index (χ0) is 11.7. The number of nitrogens with zero attached hydrogens (tertiary/aromatic N) is 1. The molecule has 1 heterocycles. The Labute approximate surface area is 95.2 Å². The third-order valence-electron chi connectivity index (χ3n) is 2.55. The maximum atomic E-state index is 11.5. The Morgan fingerprint density at radius 1 is 1.50 bits per heavy atom. The summed E-state index contributed by atoms with van der Waals surface area (Å²) in [7, 11) is 3.43. The van der Waals surface area contributed by atoms with E-state index in [1.807, 2.05) is 25.1 Å². The lowest BCUT2D eigenvalue weighted by molar-refractivity contribution is 0.230. The summed E-state index contributed by atoms with van der Waals surface area (Å²) < 4.78 is 5.59. The molecule has 1 unspecified atom stereocenters. The number of rotatable bonds is 1. The summed E-state index contributed by atoms with van der Waals surface area (Å²) in [6.45, 7) is 2.04. The van der Waals surface area contributed by atoms with Crippen LogP contribution in [0, 0.1) is 0 Å². The normalized spacial score (nSPS) is 17.6. The van der Waals surface area contributed by atoms with Gasteiger partial charge in [-0.3, -0.25) is 0 Å². The predicted octanol–water partition coefficient (Wildman–Crippen LogP) is 2.10. The molecule has 4 nitrogen and oxygen atoms in total. The van der Waals surface area contributed by atoms with Crippen LogP contribution in [0.3, 0.4) is 0 Å². The van der Waals surface area contributed by atoms with Crippen molar-refractivity contribution in [2.24, 2.45) is 0 Å². The molecule has 0 radical (unpaired) electrons. The van der Waals surface area contributed by atoms with Crippen molar-refractivity contribution in [3.8, 4) is 5.75 Å². The van der Waals surface area contributed by atoms with Crippen molar-refractivity contribution in [1.29, 1.82) is 0 Å². The summed E-state index contributed by atoms with van der Waals surface area (Å²) in [6, 6.07) is 5.62. The van der Waals surface area contributed by atoms with Crippen LogP contribution in [0.5, 0.6) is 5.75 Å². The molecule has 2 rings (SSSR count). The van der Waals surface area contributed by atoms with Crippen LogP contribution < -0.4 is 10.1 Å². The molecular weight excluding hydrogens is 204 g/mol. The van der Waals surface area contributed by atoms with Crippen LogP contribution in [-0.4, -0.2) is 31.1 Å². The number of urea groups is 1. The summed E-state index contributed by atoms with van der Waals surface area (Å²) in [5.41, 5.74) is 1.97. The summed E-state index contributed by atoms with van der Waals surface area (Å²) >= 11 is 0. The lowest BCUT2D eigenvalue weighted by Crippen LogP contribution is -2.27. The molecule has 0 aromatic heterocycles. The molecular formula is C12H16N2O2. The molecule has 0 saturated carbocycles. The smallest absolute Gasteiger partial charge is 0.321 e. The molecule has 1 aromatic carbocycles. The summed E-state index contributed by atoms with van der Waals surface area (Å²) in [4.78, 5) is 13.0. The number of hydrogen-bond donors (Lipinski definition) is 1.